The van der Waals surface area contributed by atoms with Gasteiger partial charge in [0.15, 0.2) is 0 Å². The number of methoxy groups -OCH3 is 1. The lowest BCUT2D eigenvalue weighted by Crippen LogP contribution is -2.48. The van der Waals surface area contributed by atoms with Crippen LogP contribution < -0.4 is 5.32 Å². The van der Waals surface area contributed by atoms with Gasteiger partial charge >= 0.3 is 5.97 Å². The van der Waals surface area contributed by atoms with E-state index in [-0.39, 0.29) is 30.3 Å². The van der Waals surface area contributed by atoms with Crippen LogP contribution in [0.3, 0.4) is 0 Å². The second-order valence-electron chi connectivity index (χ2n) is 5.21. The molecule has 0 saturated carbocycles. The average molecular weight is 299 g/mol. The lowest BCUT2D eigenvalue weighted by atomic mass is 9.83. The van der Waals surface area contributed by atoms with Gasteiger partial charge in [0.05, 0.1) is 13.7 Å². The van der Waals surface area contributed by atoms with E-state index in [0.717, 1.165) is 6.42 Å². The van der Waals surface area contributed by atoms with Crippen LogP contribution in [0.5, 0.6) is 0 Å². The van der Waals surface area contributed by atoms with E-state index in [1.54, 1.807) is 0 Å². The number of carbonyl (C=O) groups is 2. The smallest absolute Gasteiger partial charge is 0.328 e. The van der Waals surface area contributed by atoms with Gasteiger partial charge in [-0.3, -0.25) is 4.79 Å². The number of rotatable bonds is 5. The summed E-state index contributed by atoms with van der Waals surface area (Å²) in [5.74, 6) is -1.11. The van der Waals surface area contributed by atoms with Crippen molar-refractivity contribution < 1.29 is 19.4 Å². The van der Waals surface area contributed by atoms with Gasteiger partial charge < -0.3 is 15.2 Å². The maximum absolute atomic E-state index is 12.2. The van der Waals surface area contributed by atoms with Gasteiger partial charge in [-0.15, -0.1) is 0 Å². The van der Waals surface area contributed by atoms with Gasteiger partial charge in [-0.2, -0.15) is 0 Å². The van der Waals surface area contributed by atoms with Crippen LogP contribution >= 0.6 is 0 Å². The van der Waals surface area contributed by atoms with Crippen LogP contribution in [0, 0.1) is 17.8 Å². The quantitative estimate of drug-likeness (QED) is 0.600. The standard InChI is InChI=1S/C14H23NO4.C2H6/c1-9(2)12(14(18)19-3)15-13(17)11-7-5-4-6-10(11)8-16;1-2/h4,6,9-12,16H,5,7-8H2,1-3H3,(H,15,17);1-2H3. The summed E-state index contributed by atoms with van der Waals surface area (Å²) in [5.41, 5.74) is 0. The largest absolute Gasteiger partial charge is 0.467 e. The van der Waals surface area contributed by atoms with Crippen molar-refractivity contribution >= 4 is 11.9 Å². The molecule has 0 heterocycles. The molecular weight excluding hydrogens is 270 g/mol. The van der Waals surface area contributed by atoms with Crippen molar-refractivity contribution in [1.82, 2.24) is 5.32 Å². The molecule has 0 fully saturated rings. The molecule has 0 aromatic carbocycles. The van der Waals surface area contributed by atoms with Gasteiger partial charge in [0, 0.05) is 11.8 Å². The molecule has 21 heavy (non-hydrogen) atoms. The molecule has 1 aliphatic rings. The van der Waals surface area contributed by atoms with E-state index in [1.165, 1.54) is 7.11 Å². The minimum atomic E-state index is -0.636. The fourth-order valence-corrected chi connectivity index (χ4v) is 2.29. The normalized spacial score (nSPS) is 22.0. The maximum Gasteiger partial charge on any atom is 0.328 e. The fraction of sp³-hybridized carbons (Fsp3) is 0.750. The average Bonchev–Trinajstić information content (AvgIpc) is 2.53. The molecule has 122 valence electrons. The molecule has 0 spiro atoms. The van der Waals surface area contributed by atoms with Crippen molar-refractivity contribution in [2.75, 3.05) is 13.7 Å². The van der Waals surface area contributed by atoms with Gasteiger partial charge in [0.2, 0.25) is 5.91 Å². The number of hydrogen-bond donors (Lipinski definition) is 2. The van der Waals surface area contributed by atoms with Crippen molar-refractivity contribution in [2.45, 2.75) is 46.6 Å². The molecule has 0 bridgehead atoms. The molecule has 0 aromatic heterocycles. The number of aliphatic hydroxyl groups is 1. The van der Waals surface area contributed by atoms with Gasteiger partial charge in [0.25, 0.3) is 0 Å². The molecule has 1 aliphatic carbocycles. The first-order valence-electron chi connectivity index (χ1n) is 7.67. The number of amides is 1. The molecule has 0 aliphatic heterocycles. The van der Waals surface area contributed by atoms with E-state index in [9.17, 15) is 14.7 Å². The minimum absolute atomic E-state index is 0.0388. The minimum Gasteiger partial charge on any atom is -0.467 e. The number of hydrogen-bond acceptors (Lipinski definition) is 4. The van der Waals surface area contributed by atoms with Crippen LogP contribution in [0.4, 0.5) is 0 Å². The number of carbonyl (C=O) groups excluding carboxylic acids is 2. The highest BCUT2D eigenvalue weighted by molar-refractivity contribution is 5.86. The third kappa shape index (κ3) is 5.87. The zero-order chi connectivity index (χ0) is 16.4. The second kappa shape index (κ2) is 10.4. The van der Waals surface area contributed by atoms with E-state index in [0.29, 0.717) is 6.42 Å². The van der Waals surface area contributed by atoms with E-state index in [1.807, 2.05) is 39.8 Å². The summed E-state index contributed by atoms with van der Waals surface area (Å²) in [6, 6.07) is -0.636. The first-order valence-corrected chi connectivity index (χ1v) is 7.67. The number of allylic oxidation sites excluding steroid dienone is 1. The Labute approximate surface area is 127 Å². The van der Waals surface area contributed by atoms with Crippen LogP contribution in [0.2, 0.25) is 0 Å². The first-order chi connectivity index (χ1) is 10.0. The highest BCUT2D eigenvalue weighted by Crippen LogP contribution is 2.25. The number of nitrogens with one attached hydrogen (secondary N) is 1. The topological polar surface area (TPSA) is 75.6 Å². The van der Waals surface area contributed by atoms with Crippen molar-refractivity contribution in [3.8, 4) is 0 Å². The predicted molar refractivity (Wildman–Crippen MR) is 82.6 cm³/mol. The van der Waals surface area contributed by atoms with E-state index in [2.05, 4.69) is 5.32 Å². The van der Waals surface area contributed by atoms with Gasteiger partial charge in [-0.1, -0.05) is 39.8 Å². The van der Waals surface area contributed by atoms with E-state index >= 15 is 0 Å². The second-order valence-corrected chi connectivity index (χ2v) is 5.21. The summed E-state index contributed by atoms with van der Waals surface area (Å²) in [5, 5.41) is 12.0. The van der Waals surface area contributed by atoms with Gasteiger partial charge in [-0.25, -0.2) is 4.79 Å². The molecule has 2 N–H and O–H groups in total. The summed E-state index contributed by atoms with van der Waals surface area (Å²) in [7, 11) is 1.31. The Morgan fingerprint density at radius 1 is 1.38 bits per heavy atom. The Morgan fingerprint density at radius 3 is 2.48 bits per heavy atom. The molecular formula is C16H29NO4. The maximum atomic E-state index is 12.2. The van der Waals surface area contributed by atoms with Crippen molar-refractivity contribution in [2.24, 2.45) is 17.8 Å². The van der Waals surface area contributed by atoms with Crippen molar-refractivity contribution in [3.05, 3.63) is 12.2 Å². The van der Waals surface area contributed by atoms with Crippen LogP contribution in [-0.2, 0) is 14.3 Å². The molecule has 5 nitrogen and oxygen atoms in total. The summed E-state index contributed by atoms with van der Waals surface area (Å²) in [6.45, 7) is 7.65. The Morgan fingerprint density at radius 2 is 2.00 bits per heavy atom. The number of ether oxygens (including phenoxy) is 1. The predicted octanol–water partition coefficient (Wildman–Crippen LogP) is 1.90. The Kier molecular flexibility index (Phi) is 9.71. The Balaban J connectivity index is 0.00000191. The summed E-state index contributed by atoms with van der Waals surface area (Å²) < 4.78 is 4.70. The highest BCUT2D eigenvalue weighted by Gasteiger charge is 2.32. The fourth-order valence-electron chi connectivity index (χ4n) is 2.29. The van der Waals surface area contributed by atoms with E-state index in [4.69, 9.17) is 4.74 Å². The van der Waals surface area contributed by atoms with Crippen LogP contribution in [0.15, 0.2) is 12.2 Å². The monoisotopic (exact) mass is 299 g/mol. The lowest BCUT2D eigenvalue weighted by molar-refractivity contribution is -0.147. The molecule has 0 aromatic rings. The summed E-state index contributed by atoms with van der Waals surface area (Å²) >= 11 is 0. The lowest BCUT2D eigenvalue weighted by Gasteiger charge is -2.28. The Hall–Kier alpha value is -1.36. The SMILES string of the molecule is CC.COC(=O)C(NC(=O)C1CCC=CC1CO)C(C)C. The summed E-state index contributed by atoms with van der Waals surface area (Å²) in [6.07, 6.45) is 5.36. The molecule has 3 unspecified atom stereocenters. The number of aliphatic hydroxyl groups excluding tert-OH is 1. The van der Waals surface area contributed by atoms with Crippen LogP contribution in [0.1, 0.15) is 40.5 Å². The molecule has 3 atom stereocenters. The van der Waals surface area contributed by atoms with Crippen molar-refractivity contribution in [1.29, 1.82) is 0 Å². The van der Waals surface area contributed by atoms with Crippen molar-refractivity contribution in [3.63, 3.8) is 0 Å². The molecule has 0 saturated heterocycles. The molecule has 5 heteroatoms. The molecule has 0 radical (unpaired) electrons. The van der Waals surface area contributed by atoms with Crippen LogP contribution in [-0.4, -0.2) is 36.7 Å². The molecule has 1 rings (SSSR count). The Bertz CT molecular complexity index is 352. The number of esters is 1. The first kappa shape index (κ1) is 19.6. The van der Waals surface area contributed by atoms with Gasteiger partial charge in [0.1, 0.15) is 6.04 Å². The van der Waals surface area contributed by atoms with Crippen LogP contribution in [0.25, 0.3) is 0 Å². The summed E-state index contributed by atoms with van der Waals surface area (Å²) in [4.78, 5) is 23.9. The molecule has 1 amide bonds. The zero-order valence-electron chi connectivity index (χ0n) is 13.8. The van der Waals surface area contributed by atoms with E-state index < -0.39 is 12.0 Å². The third-order valence-corrected chi connectivity index (χ3v) is 3.51. The third-order valence-electron chi connectivity index (χ3n) is 3.51. The van der Waals surface area contributed by atoms with Gasteiger partial charge in [-0.05, 0) is 18.8 Å². The highest BCUT2D eigenvalue weighted by atomic mass is 16.5. The zero-order valence-corrected chi connectivity index (χ0v) is 13.8.